The van der Waals surface area contributed by atoms with Gasteiger partial charge in [-0.3, -0.25) is 0 Å². The molecule has 0 aliphatic carbocycles. The highest BCUT2D eigenvalue weighted by atomic mass is 16.5. The van der Waals surface area contributed by atoms with E-state index in [0.29, 0.717) is 13.2 Å². The maximum atomic E-state index is 5.50. The number of ether oxygens (including phenoxy) is 2. The van der Waals surface area contributed by atoms with Crippen molar-refractivity contribution in [2.45, 2.75) is 0 Å². The molecular weight excluding hydrogens is 204 g/mol. The topological polar surface area (TPSA) is 42.5 Å². The zero-order chi connectivity index (χ0) is 11.6. The number of rotatable bonds is 8. The van der Waals surface area contributed by atoms with Crippen LogP contribution in [0.25, 0.3) is 0 Å². The van der Waals surface area contributed by atoms with Crippen molar-refractivity contribution in [3.05, 3.63) is 24.3 Å². The minimum absolute atomic E-state index is 0.677. The summed E-state index contributed by atoms with van der Waals surface area (Å²) in [5.41, 5.74) is 0. The zero-order valence-electron chi connectivity index (χ0n) is 9.95. The maximum Gasteiger partial charge on any atom is 0.119 e. The summed E-state index contributed by atoms with van der Waals surface area (Å²) in [6, 6.07) is 7.68. The molecule has 0 bridgehead atoms. The van der Waals surface area contributed by atoms with Gasteiger partial charge in [0.15, 0.2) is 0 Å². The van der Waals surface area contributed by atoms with Gasteiger partial charge in [0.1, 0.15) is 24.7 Å². The van der Waals surface area contributed by atoms with E-state index in [1.165, 1.54) is 0 Å². The van der Waals surface area contributed by atoms with Crippen LogP contribution in [0.5, 0.6) is 11.5 Å². The van der Waals surface area contributed by atoms with E-state index >= 15 is 0 Å². The van der Waals surface area contributed by atoms with Gasteiger partial charge >= 0.3 is 0 Å². The average molecular weight is 224 g/mol. The first-order valence-corrected chi connectivity index (χ1v) is 5.51. The van der Waals surface area contributed by atoms with Gasteiger partial charge in [0.05, 0.1) is 0 Å². The molecule has 0 saturated heterocycles. The monoisotopic (exact) mass is 224 g/mol. The summed E-state index contributed by atoms with van der Waals surface area (Å²) >= 11 is 0. The minimum Gasteiger partial charge on any atom is -0.492 e. The van der Waals surface area contributed by atoms with E-state index in [4.69, 9.17) is 9.47 Å². The molecule has 90 valence electrons. The molecule has 16 heavy (non-hydrogen) atoms. The summed E-state index contributed by atoms with van der Waals surface area (Å²) in [7, 11) is 3.81. The highest BCUT2D eigenvalue weighted by molar-refractivity contribution is 5.31. The van der Waals surface area contributed by atoms with E-state index in [-0.39, 0.29) is 0 Å². The number of nitrogens with one attached hydrogen (secondary N) is 2. The Morgan fingerprint density at radius 3 is 1.50 bits per heavy atom. The molecule has 0 unspecified atom stereocenters. The van der Waals surface area contributed by atoms with Gasteiger partial charge in [-0.25, -0.2) is 0 Å². The van der Waals surface area contributed by atoms with Crippen molar-refractivity contribution in [2.75, 3.05) is 40.4 Å². The van der Waals surface area contributed by atoms with Crippen LogP contribution in [0.15, 0.2) is 24.3 Å². The van der Waals surface area contributed by atoms with Gasteiger partial charge in [0, 0.05) is 13.1 Å². The molecule has 0 aliphatic heterocycles. The molecule has 0 amide bonds. The minimum atomic E-state index is 0.677. The normalized spacial score (nSPS) is 10.1. The lowest BCUT2D eigenvalue weighted by Crippen LogP contribution is -2.16. The van der Waals surface area contributed by atoms with Crippen LogP contribution in [0.1, 0.15) is 0 Å². The summed E-state index contributed by atoms with van der Waals surface area (Å²) in [4.78, 5) is 0. The van der Waals surface area contributed by atoms with Gasteiger partial charge in [0.2, 0.25) is 0 Å². The molecule has 0 atom stereocenters. The van der Waals surface area contributed by atoms with Crippen molar-refractivity contribution in [1.29, 1.82) is 0 Å². The fraction of sp³-hybridized carbons (Fsp3) is 0.500. The second kappa shape index (κ2) is 7.96. The lowest BCUT2D eigenvalue weighted by molar-refractivity contribution is 0.310. The number of hydrogen-bond donors (Lipinski definition) is 2. The Kier molecular flexibility index (Phi) is 6.37. The molecule has 0 saturated carbocycles. The van der Waals surface area contributed by atoms with E-state index in [1.807, 2.05) is 38.4 Å². The number of likely N-dealkylation sites (N-methyl/N-ethyl adjacent to an activating group) is 2. The fourth-order valence-corrected chi connectivity index (χ4v) is 1.17. The standard InChI is InChI=1S/C12H20N2O2/c1-13-7-9-15-11-3-5-12(6-4-11)16-10-8-14-2/h3-6,13-14H,7-10H2,1-2H3. The first kappa shape index (κ1) is 12.8. The van der Waals surface area contributed by atoms with E-state index in [2.05, 4.69) is 10.6 Å². The Bertz CT molecular complexity index is 246. The Balaban J connectivity index is 2.30. The molecule has 0 fully saturated rings. The van der Waals surface area contributed by atoms with Crippen LogP contribution >= 0.6 is 0 Å². The number of hydrogen-bond acceptors (Lipinski definition) is 4. The molecular formula is C12H20N2O2. The van der Waals surface area contributed by atoms with Gasteiger partial charge in [-0.2, -0.15) is 0 Å². The smallest absolute Gasteiger partial charge is 0.119 e. The van der Waals surface area contributed by atoms with Crippen molar-refractivity contribution in [2.24, 2.45) is 0 Å². The van der Waals surface area contributed by atoms with E-state index in [0.717, 1.165) is 24.6 Å². The van der Waals surface area contributed by atoms with Crippen molar-refractivity contribution < 1.29 is 9.47 Å². The molecule has 2 N–H and O–H groups in total. The van der Waals surface area contributed by atoms with Crippen LogP contribution < -0.4 is 20.1 Å². The summed E-state index contributed by atoms with van der Waals surface area (Å²) in [5, 5.41) is 6.05. The summed E-state index contributed by atoms with van der Waals surface area (Å²) in [6.45, 7) is 3.05. The predicted molar refractivity (Wildman–Crippen MR) is 65.3 cm³/mol. The molecule has 0 spiro atoms. The predicted octanol–water partition coefficient (Wildman–Crippen LogP) is 0.883. The van der Waals surface area contributed by atoms with E-state index in [9.17, 15) is 0 Å². The Hall–Kier alpha value is -1.26. The first-order chi connectivity index (χ1) is 7.86. The summed E-state index contributed by atoms with van der Waals surface area (Å²) in [6.07, 6.45) is 0. The van der Waals surface area contributed by atoms with E-state index < -0.39 is 0 Å². The molecule has 1 rings (SSSR count). The fourth-order valence-electron chi connectivity index (χ4n) is 1.17. The third kappa shape index (κ3) is 5.00. The van der Waals surface area contributed by atoms with Crippen LogP contribution in [0, 0.1) is 0 Å². The van der Waals surface area contributed by atoms with Gasteiger partial charge in [-0.05, 0) is 38.4 Å². The summed E-state index contributed by atoms with van der Waals surface area (Å²) in [5.74, 6) is 1.74. The molecule has 4 nitrogen and oxygen atoms in total. The van der Waals surface area contributed by atoms with Crippen LogP contribution in [-0.4, -0.2) is 40.4 Å². The average Bonchev–Trinajstić information content (AvgIpc) is 2.32. The SMILES string of the molecule is CNCCOc1ccc(OCCNC)cc1. The lowest BCUT2D eigenvalue weighted by atomic mass is 10.3. The number of benzene rings is 1. The van der Waals surface area contributed by atoms with E-state index in [1.54, 1.807) is 0 Å². The molecule has 0 heterocycles. The zero-order valence-corrected chi connectivity index (χ0v) is 9.95. The van der Waals surface area contributed by atoms with Gasteiger partial charge < -0.3 is 20.1 Å². The maximum absolute atomic E-state index is 5.50. The quantitative estimate of drug-likeness (QED) is 0.643. The Labute approximate surface area is 96.9 Å². The Morgan fingerprint density at radius 2 is 1.19 bits per heavy atom. The molecule has 0 aromatic heterocycles. The van der Waals surface area contributed by atoms with Crippen LogP contribution in [-0.2, 0) is 0 Å². The van der Waals surface area contributed by atoms with Crippen molar-refractivity contribution >= 4 is 0 Å². The van der Waals surface area contributed by atoms with Gasteiger partial charge in [0.25, 0.3) is 0 Å². The molecule has 4 heteroatoms. The third-order valence-corrected chi connectivity index (χ3v) is 2.07. The van der Waals surface area contributed by atoms with Gasteiger partial charge in [-0.1, -0.05) is 0 Å². The van der Waals surface area contributed by atoms with Crippen molar-refractivity contribution in [3.8, 4) is 11.5 Å². The Morgan fingerprint density at radius 1 is 0.812 bits per heavy atom. The van der Waals surface area contributed by atoms with Crippen LogP contribution in [0.4, 0.5) is 0 Å². The second-order valence-electron chi connectivity index (χ2n) is 3.38. The van der Waals surface area contributed by atoms with Crippen LogP contribution in [0.3, 0.4) is 0 Å². The second-order valence-corrected chi connectivity index (χ2v) is 3.38. The molecule has 1 aromatic carbocycles. The third-order valence-electron chi connectivity index (χ3n) is 2.07. The van der Waals surface area contributed by atoms with Crippen molar-refractivity contribution in [1.82, 2.24) is 10.6 Å². The first-order valence-electron chi connectivity index (χ1n) is 5.51. The largest absolute Gasteiger partial charge is 0.492 e. The summed E-state index contributed by atoms with van der Waals surface area (Å²) < 4.78 is 11.0. The highest BCUT2D eigenvalue weighted by Crippen LogP contribution is 2.17. The van der Waals surface area contributed by atoms with Gasteiger partial charge in [-0.15, -0.1) is 0 Å². The highest BCUT2D eigenvalue weighted by Gasteiger charge is 1.95. The molecule has 0 radical (unpaired) electrons. The lowest BCUT2D eigenvalue weighted by Gasteiger charge is -2.08. The van der Waals surface area contributed by atoms with Crippen LogP contribution in [0.2, 0.25) is 0 Å². The molecule has 1 aromatic rings. The molecule has 0 aliphatic rings. The van der Waals surface area contributed by atoms with Crippen molar-refractivity contribution in [3.63, 3.8) is 0 Å².